The summed E-state index contributed by atoms with van der Waals surface area (Å²) >= 11 is 0. The van der Waals surface area contributed by atoms with Crippen LogP contribution in [0.4, 0.5) is 0 Å². The van der Waals surface area contributed by atoms with Crippen LogP contribution in [-0.4, -0.2) is 60.3 Å². The molecule has 0 aromatic heterocycles. The Morgan fingerprint density at radius 3 is 2.19 bits per heavy atom. The zero-order valence-corrected chi connectivity index (χ0v) is 31.4. The van der Waals surface area contributed by atoms with Crippen molar-refractivity contribution < 1.29 is 29.0 Å². The monoisotopic (exact) mass is 667 g/mol. The standard InChI is InChI=1S/C41H65NO6/c1-26(2)27-12-17-41(35(45)46)19-18-39(8)28(34(27)41)10-11-30-38(7)15-14-31(37(5,6)29(38)13-16-40(30,39)9)48-33(44)25-36(3,4)24-32(43)42-20-22-47-23-21-42/h27-31,34H,1,10-25H2,2-9H3,(H,45,46)/t27-,28+,29-,30+,31-,34+,38-,39+,40+,41-/m0/s1. The van der Waals surface area contributed by atoms with E-state index < -0.39 is 16.8 Å². The number of amides is 1. The number of morpholine rings is 1. The van der Waals surface area contributed by atoms with Crippen LogP contribution in [-0.2, 0) is 23.9 Å². The lowest BCUT2D eigenvalue weighted by molar-refractivity contribution is -0.250. The molecule has 0 radical (unpaired) electrons. The Bertz CT molecular complexity index is 1320. The number of rotatable bonds is 7. The molecule has 0 aromatic carbocycles. The molecule has 0 bridgehead atoms. The Kier molecular flexibility index (Phi) is 9.07. The van der Waals surface area contributed by atoms with Gasteiger partial charge >= 0.3 is 11.9 Å². The van der Waals surface area contributed by atoms with Gasteiger partial charge in [-0.05, 0) is 122 Å². The molecule has 6 fully saturated rings. The van der Waals surface area contributed by atoms with E-state index in [1.165, 1.54) is 5.57 Å². The van der Waals surface area contributed by atoms with Crippen molar-refractivity contribution in [2.24, 2.45) is 62.1 Å². The number of allylic oxidation sites excluding steroid dienone is 1. The van der Waals surface area contributed by atoms with Gasteiger partial charge in [0.1, 0.15) is 6.10 Å². The van der Waals surface area contributed by atoms with Crippen LogP contribution in [0.15, 0.2) is 12.2 Å². The first kappa shape index (κ1) is 35.9. The van der Waals surface area contributed by atoms with E-state index in [1.807, 2.05) is 18.7 Å². The van der Waals surface area contributed by atoms with Crippen LogP contribution in [0.2, 0.25) is 0 Å². The topological polar surface area (TPSA) is 93.1 Å². The van der Waals surface area contributed by atoms with Crippen molar-refractivity contribution in [2.75, 3.05) is 26.3 Å². The molecule has 0 aromatic rings. The number of carbonyl (C=O) groups excluding carboxylic acids is 2. The van der Waals surface area contributed by atoms with Crippen LogP contribution in [0.1, 0.15) is 132 Å². The Hall–Kier alpha value is -1.89. The predicted octanol–water partition coefficient (Wildman–Crippen LogP) is 8.31. The highest BCUT2D eigenvalue weighted by molar-refractivity contribution is 5.78. The van der Waals surface area contributed by atoms with Gasteiger partial charge in [-0.3, -0.25) is 14.4 Å². The molecule has 7 nitrogen and oxygen atoms in total. The third-order valence-corrected chi connectivity index (χ3v) is 16.3. The first-order valence-corrected chi connectivity index (χ1v) is 19.3. The summed E-state index contributed by atoms with van der Waals surface area (Å²) in [5.74, 6) is 1.26. The maximum atomic E-state index is 13.5. The van der Waals surface area contributed by atoms with Gasteiger partial charge in [0, 0.05) is 24.9 Å². The van der Waals surface area contributed by atoms with E-state index >= 15 is 0 Å². The first-order valence-electron chi connectivity index (χ1n) is 19.3. The molecule has 6 rings (SSSR count). The summed E-state index contributed by atoms with van der Waals surface area (Å²) < 4.78 is 11.8. The van der Waals surface area contributed by atoms with Crippen molar-refractivity contribution in [2.45, 2.75) is 139 Å². The number of carboxylic acids is 1. The normalized spacial score (nSPS) is 43.6. The van der Waals surface area contributed by atoms with E-state index in [0.29, 0.717) is 56.4 Å². The lowest BCUT2D eigenvalue weighted by Crippen LogP contribution is -2.67. The highest BCUT2D eigenvalue weighted by Crippen LogP contribution is 2.77. The second kappa shape index (κ2) is 12.1. The third-order valence-electron chi connectivity index (χ3n) is 16.3. The molecule has 5 aliphatic carbocycles. The van der Waals surface area contributed by atoms with Crippen molar-refractivity contribution in [3.05, 3.63) is 12.2 Å². The van der Waals surface area contributed by atoms with Crippen LogP contribution in [0.3, 0.4) is 0 Å². The average molecular weight is 668 g/mol. The van der Waals surface area contributed by atoms with Crippen molar-refractivity contribution in [3.63, 3.8) is 0 Å². The fraction of sp³-hybridized carbons (Fsp3) is 0.878. The summed E-state index contributed by atoms with van der Waals surface area (Å²) in [6, 6.07) is 0. The maximum Gasteiger partial charge on any atom is 0.309 e. The third kappa shape index (κ3) is 5.41. The van der Waals surface area contributed by atoms with Crippen LogP contribution in [0, 0.1) is 62.1 Å². The van der Waals surface area contributed by atoms with Crippen LogP contribution in [0.25, 0.3) is 0 Å². The molecule has 48 heavy (non-hydrogen) atoms. The summed E-state index contributed by atoms with van der Waals surface area (Å²) in [7, 11) is 0. The number of carboxylic acid groups (broad SMARTS) is 1. The zero-order valence-electron chi connectivity index (χ0n) is 31.4. The fourth-order valence-electron chi connectivity index (χ4n) is 13.7. The van der Waals surface area contributed by atoms with Gasteiger partial charge in [0.2, 0.25) is 5.91 Å². The minimum Gasteiger partial charge on any atom is -0.481 e. The average Bonchev–Trinajstić information content (AvgIpc) is 3.40. The Labute approximate surface area is 290 Å². The Morgan fingerprint density at radius 2 is 1.54 bits per heavy atom. The molecule has 0 unspecified atom stereocenters. The van der Waals surface area contributed by atoms with Crippen molar-refractivity contribution in [1.29, 1.82) is 0 Å². The van der Waals surface area contributed by atoms with Gasteiger partial charge in [-0.2, -0.15) is 0 Å². The molecule has 1 aliphatic heterocycles. The van der Waals surface area contributed by atoms with E-state index in [-0.39, 0.29) is 52.0 Å². The van der Waals surface area contributed by atoms with Crippen molar-refractivity contribution >= 4 is 17.8 Å². The largest absolute Gasteiger partial charge is 0.481 e. The van der Waals surface area contributed by atoms with E-state index in [0.717, 1.165) is 64.2 Å². The maximum absolute atomic E-state index is 13.5. The molecule has 5 saturated carbocycles. The van der Waals surface area contributed by atoms with Gasteiger partial charge in [-0.1, -0.05) is 60.6 Å². The van der Waals surface area contributed by atoms with Gasteiger partial charge in [0.15, 0.2) is 0 Å². The molecule has 1 amide bonds. The second-order valence-electron chi connectivity index (χ2n) is 19.5. The lowest BCUT2D eigenvalue weighted by Gasteiger charge is -2.72. The molecular formula is C41H65NO6. The van der Waals surface area contributed by atoms with E-state index in [1.54, 1.807) is 0 Å². The number of hydrogen-bond acceptors (Lipinski definition) is 5. The highest BCUT2D eigenvalue weighted by Gasteiger charge is 2.72. The van der Waals surface area contributed by atoms with Crippen LogP contribution in [0.5, 0.6) is 0 Å². The number of hydrogen-bond donors (Lipinski definition) is 1. The number of nitrogens with zero attached hydrogens (tertiary/aromatic N) is 1. The molecule has 1 heterocycles. The molecule has 0 spiro atoms. The summed E-state index contributed by atoms with van der Waals surface area (Å²) in [5.41, 5.74) is 0.345. The Morgan fingerprint density at radius 1 is 0.854 bits per heavy atom. The van der Waals surface area contributed by atoms with Crippen LogP contribution < -0.4 is 0 Å². The quantitative estimate of drug-likeness (QED) is 0.217. The fourth-order valence-corrected chi connectivity index (χ4v) is 13.7. The smallest absolute Gasteiger partial charge is 0.309 e. The van der Waals surface area contributed by atoms with Gasteiger partial charge in [0.05, 0.1) is 25.0 Å². The second-order valence-corrected chi connectivity index (χ2v) is 19.5. The van der Waals surface area contributed by atoms with E-state index in [4.69, 9.17) is 9.47 Å². The number of esters is 1. The van der Waals surface area contributed by atoms with Gasteiger partial charge in [0.25, 0.3) is 0 Å². The number of aliphatic carboxylic acids is 1. The molecule has 7 heteroatoms. The van der Waals surface area contributed by atoms with Crippen LogP contribution >= 0.6 is 0 Å². The van der Waals surface area contributed by atoms with E-state index in [9.17, 15) is 19.5 Å². The Balaban J connectivity index is 1.17. The molecular weight excluding hydrogens is 602 g/mol. The van der Waals surface area contributed by atoms with Gasteiger partial charge in [-0.25, -0.2) is 0 Å². The van der Waals surface area contributed by atoms with Crippen molar-refractivity contribution in [1.82, 2.24) is 4.90 Å². The summed E-state index contributed by atoms with van der Waals surface area (Å²) in [6.45, 7) is 25.3. The molecule has 10 atom stereocenters. The number of carbonyl (C=O) groups is 3. The van der Waals surface area contributed by atoms with Crippen molar-refractivity contribution in [3.8, 4) is 0 Å². The number of fused-ring (bicyclic) bond motifs is 7. The molecule has 1 saturated heterocycles. The lowest BCUT2D eigenvalue weighted by atomic mass is 9.32. The van der Waals surface area contributed by atoms with Gasteiger partial charge in [-0.15, -0.1) is 0 Å². The van der Waals surface area contributed by atoms with Gasteiger partial charge < -0.3 is 19.5 Å². The molecule has 1 N–H and O–H groups in total. The minimum absolute atomic E-state index is 0.0910. The first-order chi connectivity index (χ1) is 22.3. The highest BCUT2D eigenvalue weighted by atomic mass is 16.5. The molecule has 6 aliphatic rings. The predicted molar refractivity (Wildman–Crippen MR) is 187 cm³/mol. The minimum atomic E-state index is -0.591. The summed E-state index contributed by atoms with van der Waals surface area (Å²) in [6.07, 6.45) is 10.5. The molecule has 270 valence electrons. The zero-order chi connectivity index (χ0) is 35.1. The summed E-state index contributed by atoms with van der Waals surface area (Å²) in [5, 5.41) is 10.7. The van der Waals surface area contributed by atoms with E-state index in [2.05, 4.69) is 48.1 Å². The number of ether oxygens (including phenoxy) is 2. The summed E-state index contributed by atoms with van der Waals surface area (Å²) in [4.78, 5) is 41.3. The SMILES string of the molecule is C=C(C)[C@@H]1CC[C@]2(C(=O)O)CC[C@]3(C)[C@H](CC[C@@H]4[C@@]5(C)CC[C@H](OC(=O)CC(C)(C)CC(=O)N6CCOCC6)C(C)(C)[C@@H]5CC[C@]43C)[C@@H]12.